The van der Waals surface area contributed by atoms with Crippen molar-refractivity contribution in [3.63, 3.8) is 0 Å². The monoisotopic (exact) mass is 316 g/mol. The lowest BCUT2D eigenvalue weighted by Crippen LogP contribution is -2.49. The Morgan fingerprint density at radius 1 is 1.40 bits per heavy atom. The zero-order chi connectivity index (χ0) is 14.8. The van der Waals surface area contributed by atoms with Crippen LogP contribution in [0.3, 0.4) is 0 Å². The molecule has 5 heteroatoms. The summed E-state index contributed by atoms with van der Waals surface area (Å²) in [5.74, 6) is 0. The van der Waals surface area contributed by atoms with E-state index < -0.39 is 0 Å². The Kier molecular flexibility index (Phi) is 5.32. The van der Waals surface area contributed by atoms with Crippen LogP contribution in [0.1, 0.15) is 31.4 Å². The SMILES string of the molecule is COC1(C)CCCN(C(CN)c2ccc(Cl)c(Cl)c2)C1. The van der Waals surface area contributed by atoms with E-state index in [1.807, 2.05) is 18.2 Å². The van der Waals surface area contributed by atoms with Crippen LogP contribution < -0.4 is 5.73 Å². The Morgan fingerprint density at radius 2 is 2.15 bits per heavy atom. The van der Waals surface area contributed by atoms with Crippen LogP contribution in [0.25, 0.3) is 0 Å². The van der Waals surface area contributed by atoms with Crippen LogP contribution in [0.4, 0.5) is 0 Å². The molecule has 0 aromatic heterocycles. The molecule has 1 saturated heterocycles. The van der Waals surface area contributed by atoms with Gasteiger partial charge >= 0.3 is 0 Å². The highest BCUT2D eigenvalue weighted by Gasteiger charge is 2.34. The summed E-state index contributed by atoms with van der Waals surface area (Å²) >= 11 is 12.1. The summed E-state index contributed by atoms with van der Waals surface area (Å²) in [6, 6.07) is 5.91. The van der Waals surface area contributed by atoms with Crippen LogP contribution in [-0.4, -0.2) is 37.2 Å². The normalized spacial score (nSPS) is 25.6. The van der Waals surface area contributed by atoms with E-state index in [-0.39, 0.29) is 11.6 Å². The topological polar surface area (TPSA) is 38.5 Å². The van der Waals surface area contributed by atoms with E-state index in [4.69, 9.17) is 33.7 Å². The maximum atomic E-state index is 6.12. The molecule has 1 heterocycles. The molecule has 0 saturated carbocycles. The van der Waals surface area contributed by atoms with E-state index in [0.29, 0.717) is 16.6 Å². The molecule has 2 atom stereocenters. The first-order valence-electron chi connectivity index (χ1n) is 6.93. The number of benzene rings is 1. The van der Waals surface area contributed by atoms with Gasteiger partial charge in [0.05, 0.1) is 15.6 Å². The van der Waals surface area contributed by atoms with Gasteiger partial charge in [-0.15, -0.1) is 0 Å². The van der Waals surface area contributed by atoms with Crippen molar-refractivity contribution < 1.29 is 4.74 Å². The largest absolute Gasteiger partial charge is 0.377 e. The summed E-state index contributed by atoms with van der Waals surface area (Å²) in [6.45, 7) is 4.62. The molecule has 0 amide bonds. The maximum absolute atomic E-state index is 6.12. The van der Waals surface area contributed by atoms with Gasteiger partial charge < -0.3 is 10.5 Å². The molecule has 1 aromatic carbocycles. The minimum absolute atomic E-state index is 0.0953. The number of likely N-dealkylation sites (tertiary alicyclic amines) is 1. The zero-order valence-corrected chi connectivity index (χ0v) is 13.5. The van der Waals surface area contributed by atoms with Crippen LogP contribution in [0.5, 0.6) is 0 Å². The summed E-state index contributed by atoms with van der Waals surface area (Å²) < 4.78 is 5.65. The van der Waals surface area contributed by atoms with Crippen molar-refractivity contribution in [2.75, 3.05) is 26.7 Å². The molecule has 20 heavy (non-hydrogen) atoms. The van der Waals surface area contributed by atoms with Crippen LogP contribution in [0, 0.1) is 0 Å². The molecule has 3 nitrogen and oxygen atoms in total. The van der Waals surface area contributed by atoms with Crippen molar-refractivity contribution in [1.82, 2.24) is 4.90 Å². The number of piperidine rings is 1. The van der Waals surface area contributed by atoms with Crippen molar-refractivity contribution in [2.24, 2.45) is 5.73 Å². The Hall–Kier alpha value is -0.320. The van der Waals surface area contributed by atoms with Gasteiger partial charge in [-0.25, -0.2) is 0 Å². The number of rotatable bonds is 4. The fourth-order valence-electron chi connectivity index (χ4n) is 2.89. The van der Waals surface area contributed by atoms with Gasteiger partial charge in [0.25, 0.3) is 0 Å². The van der Waals surface area contributed by atoms with E-state index >= 15 is 0 Å². The fourth-order valence-corrected chi connectivity index (χ4v) is 3.20. The molecule has 1 aliphatic rings. The van der Waals surface area contributed by atoms with E-state index in [2.05, 4.69) is 11.8 Å². The predicted molar refractivity (Wildman–Crippen MR) is 84.5 cm³/mol. The molecule has 0 aliphatic carbocycles. The van der Waals surface area contributed by atoms with Gasteiger partial charge in [-0.2, -0.15) is 0 Å². The number of nitrogens with zero attached hydrogens (tertiary/aromatic N) is 1. The summed E-state index contributed by atoms with van der Waals surface area (Å²) in [5, 5.41) is 1.15. The maximum Gasteiger partial charge on any atom is 0.0777 e. The summed E-state index contributed by atoms with van der Waals surface area (Å²) in [6.07, 6.45) is 2.20. The standard InChI is InChI=1S/C15H22Cl2N2O/c1-15(20-2)6-3-7-19(10-15)14(9-18)11-4-5-12(16)13(17)8-11/h4-5,8,14H,3,6-7,9-10,18H2,1-2H3. The molecule has 0 bridgehead atoms. The lowest BCUT2D eigenvalue weighted by atomic mass is 9.92. The molecule has 0 radical (unpaired) electrons. The second-order valence-electron chi connectivity index (χ2n) is 5.65. The Balaban J connectivity index is 2.21. The Labute approximate surface area is 131 Å². The van der Waals surface area contributed by atoms with Gasteiger partial charge in [0.2, 0.25) is 0 Å². The van der Waals surface area contributed by atoms with Crippen LogP contribution in [0.2, 0.25) is 10.0 Å². The van der Waals surface area contributed by atoms with Gasteiger partial charge in [-0.1, -0.05) is 29.3 Å². The van der Waals surface area contributed by atoms with Crippen molar-refractivity contribution in [2.45, 2.75) is 31.4 Å². The molecule has 2 rings (SSSR count). The average molecular weight is 317 g/mol. The number of hydrogen-bond donors (Lipinski definition) is 1. The smallest absolute Gasteiger partial charge is 0.0777 e. The van der Waals surface area contributed by atoms with Crippen molar-refractivity contribution >= 4 is 23.2 Å². The molecular formula is C15H22Cl2N2O. The second kappa shape index (κ2) is 6.63. The molecular weight excluding hydrogens is 295 g/mol. The first-order valence-corrected chi connectivity index (χ1v) is 7.69. The Morgan fingerprint density at radius 3 is 2.75 bits per heavy atom. The van der Waals surface area contributed by atoms with Gasteiger partial charge in [0.15, 0.2) is 0 Å². The number of nitrogens with two attached hydrogens (primary N) is 1. The summed E-state index contributed by atoms with van der Waals surface area (Å²) in [5.41, 5.74) is 7.01. The third kappa shape index (κ3) is 3.46. The predicted octanol–water partition coefficient (Wildman–Crippen LogP) is 3.49. The number of halogens is 2. The molecule has 2 N–H and O–H groups in total. The van der Waals surface area contributed by atoms with E-state index in [1.165, 1.54) is 0 Å². The lowest BCUT2D eigenvalue weighted by Gasteiger charge is -2.43. The third-order valence-electron chi connectivity index (χ3n) is 4.17. The second-order valence-corrected chi connectivity index (χ2v) is 6.47. The Bertz CT molecular complexity index is 469. The van der Waals surface area contributed by atoms with E-state index in [9.17, 15) is 0 Å². The third-order valence-corrected chi connectivity index (χ3v) is 4.91. The van der Waals surface area contributed by atoms with Gasteiger partial charge in [-0.05, 0) is 44.0 Å². The quantitative estimate of drug-likeness (QED) is 0.924. The first kappa shape index (κ1) is 16.1. The minimum atomic E-state index is -0.0953. The molecule has 0 spiro atoms. The van der Waals surface area contributed by atoms with Crippen molar-refractivity contribution in [3.05, 3.63) is 33.8 Å². The van der Waals surface area contributed by atoms with Crippen LogP contribution >= 0.6 is 23.2 Å². The number of methoxy groups -OCH3 is 1. The van der Waals surface area contributed by atoms with Crippen LogP contribution in [-0.2, 0) is 4.74 Å². The van der Waals surface area contributed by atoms with E-state index in [0.717, 1.165) is 31.5 Å². The molecule has 1 fully saturated rings. The van der Waals surface area contributed by atoms with Gasteiger partial charge in [0, 0.05) is 26.2 Å². The summed E-state index contributed by atoms with van der Waals surface area (Å²) in [4.78, 5) is 2.38. The zero-order valence-electron chi connectivity index (χ0n) is 12.0. The van der Waals surface area contributed by atoms with Gasteiger partial charge in [-0.3, -0.25) is 4.90 Å². The van der Waals surface area contributed by atoms with E-state index in [1.54, 1.807) is 7.11 Å². The molecule has 112 valence electrons. The lowest BCUT2D eigenvalue weighted by molar-refractivity contribution is -0.0608. The summed E-state index contributed by atoms with van der Waals surface area (Å²) in [7, 11) is 1.78. The molecule has 1 aromatic rings. The molecule has 1 aliphatic heterocycles. The van der Waals surface area contributed by atoms with Gasteiger partial charge in [0.1, 0.15) is 0 Å². The average Bonchev–Trinajstić information content (AvgIpc) is 2.44. The highest BCUT2D eigenvalue weighted by molar-refractivity contribution is 6.42. The highest BCUT2D eigenvalue weighted by atomic mass is 35.5. The van der Waals surface area contributed by atoms with Crippen LogP contribution in [0.15, 0.2) is 18.2 Å². The number of ether oxygens (including phenoxy) is 1. The van der Waals surface area contributed by atoms with Crippen molar-refractivity contribution in [3.8, 4) is 0 Å². The molecule has 2 unspecified atom stereocenters. The minimum Gasteiger partial charge on any atom is -0.377 e. The first-order chi connectivity index (χ1) is 9.49. The highest BCUT2D eigenvalue weighted by Crippen LogP contribution is 2.32. The fraction of sp³-hybridized carbons (Fsp3) is 0.600. The number of hydrogen-bond acceptors (Lipinski definition) is 3. The van der Waals surface area contributed by atoms with Crippen molar-refractivity contribution in [1.29, 1.82) is 0 Å².